The molecule has 0 aromatic heterocycles. The van der Waals surface area contributed by atoms with Gasteiger partial charge in [0.2, 0.25) is 0 Å². The van der Waals surface area contributed by atoms with Crippen LogP contribution in [0.1, 0.15) is 27.4 Å². The van der Waals surface area contributed by atoms with Gasteiger partial charge in [-0.05, 0) is 30.2 Å². The number of benzene rings is 2. The van der Waals surface area contributed by atoms with Crippen LogP contribution in [-0.4, -0.2) is 49.6 Å². The zero-order valence-electron chi connectivity index (χ0n) is 15.1. The summed E-state index contributed by atoms with van der Waals surface area (Å²) in [4.78, 5) is 26.2. The molecule has 0 aliphatic carbocycles. The molecule has 1 N–H and O–H groups in total. The molecule has 0 saturated carbocycles. The fourth-order valence-corrected chi connectivity index (χ4v) is 4.57. The molecule has 7 heteroatoms. The Morgan fingerprint density at radius 2 is 1.74 bits per heavy atom. The number of rotatable bonds is 4. The Labute approximate surface area is 158 Å². The van der Waals surface area contributed by atoms with E-state index in [1.807, 2.05) is 30.3 Å². The topological polar surface area (TPSA) is 91.8 Å². The molecule has 2 atom stereocenters. The van der Waals surface area contributed by atoms with E-state index in [0.717, 1.165) is 11.8 Å². The number of amides is 1. The molecule has 2 aromatic carbocycles. The predicted molar refractivity (Wildman–Crippen MR) is 101 cm³/mol. The van der Waals surface area contributed by atoms with Crippen molar-refractivity contribution in [2.24, 2.45) is 5.92 Å². The first-order chi connectivity index (χ1) is 12.7. The minimum absolute atomic E-state index is 0.0931. The molecule has 1 saturated heterocycles. The van der Waals surface area contributed by atoms with Crippen LogP contribution >= 0.6 is 0 Å². The molecule has 0 spiro atoms. The van der Waals surface area contributed by atoms with Crippen molar-refractivity contribution in [3.05, 3.63) is 65.2 Å². The van der Waals surface area contributed by atoms with Gasteiger partial charge in [0.1, 0.15) is 0 Å². The number of carbonyl (C=O) groups excluding carboxylic acids is 1. The third kappa shape index (κ3) is 3.88. The predicted octanol–water partition coefficient (Wildman–Crippen LogP) is 2.34. The Morgan fingerprint density at radius 1 is 1.07 bits per heavy atom. The van der Waals surface area contributed by atoms with E-state index >= 15 is 0 Å². The number of likely N-dealkylation sites (tertiary alicyclic amines) is 1. The summed E-state index contributed by atoms with van der Waals surface area (Å²) in [6.07, 6.45) is 1.10. The molecule has 1 amide bonds. The molecule has 27 heavy (non-hydrogen) atoms. The van der Waals surface area contributed by atoms with Crippen molar-refractivity contribution in [2.75, 3.05) is 19.3 Å². The standard InChI is InChI=1S/C20H21NO5S/c1-13-8-9-15(10-18(13)27(2,25)26)19(22)21-11-16(17(12-21)20(23)24)14-6-4-3-5-7-14/h3-10,16-17H,11-12H2,1-2H3,(H,23,24)/t16-,17-/m0/s1. The summed E-state index contributed by atoms with van der Waals surface area (Å²) in [6, 6.07) is 13.8. The monoisotopic (exact) mass is 387 g/mol. The molecule has 6 nitrogen and oxygen atoms in total. The normalized spacial score (nSPS) is 19.9. The SMILES string of the molecule is Cc1ccc(C(=O)N2C[C@H](C(=O)O)[C@H](c3ccccc3)C2)cc1S(C)(=O)=O. The van der Waals surface area contributed by atoms with Crippen LogP contribution in [0.4, 0.5) is 0 Å². The molecule has 1 heterocycles. The summed E-state index contributed by atoms with van der Waals surface area (Å²) < 4.78 is 23.9. The first kappa shape index (κ1) is 19.1. The maximum atomic E-state index is 12.9. The van der Waals surface area contributed by atoms with Crippen molar-refractivity contribution in [1.29, 1.82) is 0 Å². The highest BCUT2D eigenvalue weighted by molar-refractivity contribution is 7.90. The van der Waals surface area contributed by atoms with Crippen LogP contribution in [0.5, 0.6) is 0 Å². The van der Waals surface area contributed by atoms with Gasteiger partial charge < -0.3 is 10.0 Å². The van der Waals surface area contributed by atoms with Gasteiger partial charge in [0.15, 0.2) is 9.84 Å². The van der Waals surface area contributed by atoms with E-state index < -0.39 is 21.7 Å². The second-order valence-corrected chi connectivity index (χ2v) is 8.91. The highest BCUT2D eigenvalue weighted by Crippen LogP contribution is 2.34. The summed E-state index contributed by atoms with van der Waals surface area (Å²) in [6.45, 7) is 2.05. The van der Waals surface area contributed by atoms with Crippen molar-refractivity contribution in [3.8, 4) is 0 Å². The van der Waals surface area contributed by atoms with Crippen molar-refractivity contribution in [1.82, 2.24) is 4.90 Å². The summed E-state index contributed by atoms with van der Waals surface area (Å²) in [5, 5.41) is 9.59. The van der Waals surface area contributed by atoms with Gasteiger partial charge in [-0.3, -0.25) is 9.59 Å². The number of nitrogens with zero attached hydrogens (tertiary/aromatic N) is 1. The molecule has 0 unspecified atom stereocenters. The Balaban J connectivity index is 1.91. The number of hydrogen-bond acceptors (Lipinski definition) is 4. The molecule has 0 bridgehead atoms. The number of carbonyl (C=O) groups is 2. The second kappa shape index (κ2) is 7.15. The smallest absolute Gasteiger partial charge is 0.308 e. The van der Waals surface area contributed by atoms with Crippen LogP contribution in [0, 0.1) is 12.8 Å². The van der Waals surface area contributed by atoms with Crippen LogP contribution in [0.25, 0.3) is 0 Å². The Hall–Kier alpha value is -2.67. The third-order valence-electron chi connectivity index (χ3n) is 4.99. The lowest BCUT2D eigenvalue weighted by Gasteiger charge is -2.17. The summed E-state index contributed by atoms with van der Waals surface area (Å²) >= 11 is 0. The van der Waals surface area contributed by atoms with Crippen LogP contribution in [0.2, 0.25) is 0 Å². The van der Waals surface area contributed by atoms with Gasteiger partial charge in [-0.25, -0.2) is 8.42 Å². The zero-order chi connectivity index (χ0) is 19.8. The van der Waals surface area contributed by atoms with Crippen LogP contribution < -0.4 is 0 Å². The molecule has 3 rings (SSSR count). The van der Waals surface area contributed by atoms with Gasteiger partial charge >= 0.3 is 5.97 Å². The molecule has 1 fully saturated rings. The zero-order valence-corrected chi connectivity index (χ0v) is 15.9. The van der Waals surface area contributed by atoms with Crippen LogP contribution in [-0.2, 0) is 14.6 Å². The van der Waals surface area contributed by atoms with Gasteiger partial charge in [-0.1, -0.05) is 36.4 Å². The van der Waals surface area contributed by atoms with E-state index in [1.165, 1.54) is 11.0 Å². The highest BCUT2D eigenvalue weighted by atomic mass is 32.2. The van der Waals surface area contributed by atoms with Gasteiger partial charge in [-0.15, -0.1) is 0 Å². The number of carboxylic acids is 1. The molecule has 142 valence electrons. The van der Waals surface area contributed by atoms with E-state index in [4.69, 9.17) is 0 Å². The Kier molecular flexibility index (Phi) is 5.06. The molecular weight excluding hydrogens is 366 g/mol. The lowest BCUT2D eigenvalue weighted by Crippen LogP contribution is -2.30. The second-order valence-electron chi connectivity index (χ2n) is 6.92. The fraction of sp³-hybridized carbons (Fsp3) is 0.300. The number of carboxylic acid groups (broad SMARTS) is 1. The average Bonchev–Trinajstić information content (AvgIpc) is 3.07. The quantitative estimate of drug-likeness (QED) is 0.869. The highest BCUT2D eigenvalue weighted by Gasteiger charge is 2.40. The Morgan fingerprint density at radius 3 is 2.33 bits per heavy atom. The van der Waals surface area contributed by atoms with Crippen molar-refractivity contribution in [3.63, 3.8) is 0 Å². The van der Waals surface area contributed by atoms with Crippen LogP contribution in [0.15, 0.2) is 53.4 Å². The minimum Gasteiger partial charge on any atom is -0.481 e. The average molecular weight is 387 g/mol. The van der Waals surface area contributed by atoms with E-state index in [-0.39, 0.29) is 35.4 Å². The van der Waals surface area contributed by atoms with Crippen molar-refractivity contribution >= 4 is 21.7 Å². The largest absolute Gasteiger partial charge is 0.481 e. The van der Waals surface area contributed by atoms with E-state index in [0.29, 0.717) is 5.56 Å². The van der Waals surface area contributed by atoms with E-state index in [1.54, 1.807) is 19.1 Å². The van der Waals surface area contributed by atoms with Gasteiger partial charge in [0, 0.05) is 30.8 Å². The van der Waals surface area contributed by atoms with Crippen molar-refractivity contribution < 1.29 is 23.1 Å². The van der Waals surface area contributed by atoms with Crippen LogP contribution in [0.3, 0.4) is 0 Å². The number of sulfone groups is 1. The molecule has 1 aliphatic heterocycles. The summed E-state index contributed by atoms with van der Waals surface area (Å²) in [5.74, 6) is -2.30. The first-order valence-electron chi connectivity index (χ1n) is 8.56. The van der Waals surface area contributed by atoms with E-state index in [2.05, 4.69) is 0 Å². The van der Waals surface area contributed by atoms with E-state index in [9.17, 15) is 23.1 Å². The summed E-state index contributed by atoms with van der Waals surface area (Å²) in [7, 11) is -3.46. The lowest BCUT2D eigenvalue weighted by molar-refractivity contribution is -0.141. The maximum Gasteiger partial charge on any atom is 0.308 e. The fourth-order valence-electron chi connectivity index (χ4n) is 3.57. The number of aryl methyl sites for hydroxylation is 1. The Bertz CT molecular complexity index is 985. The molecule has 0 radical (unpaired) electrons. The number of hydrogen-bond donors (Lipinski definition) is 1. The van der Waals surface area contributed by atoms with Gasteiger partial charge in [0.05, 0.1) is 10.8 Å². The first-order valence-corrected chi connectivity index (χ1v) is 10.5. The van der Waals surface area contributed by atoms with Gasteiger partial charge in [-0.2, -0.15) is 0 Å². The lowest BCUT2D eigenvalue weighted by atomic mass is 9.89. The number of aliphatic carboxylic acids is 1. The van der Waals surface area contributed by atoms with Gasteiger partial charge in [0.25, 0.3) is 5.91 Å². The molecule has 1 aliphatic rings. The summed E-state index contributed by atoms with van der Waals surface area (Å²) in [5.41, 5.74) is 1.70. The minimum atomic E-state index is -3.46. The molecular formula is C20H21NO5S. The molecule has 2 aromatic rings. The van der Waals surface area contributed by atoms with Crippen molar-refractivity contribution in [2.45, 2.75) is 17.7 Å². The third-order valence-corrected chi connectivity index (χ3v) is 6.23. The maximum absolute atomic E-state index is 12.9.